The highest BCUT2D eigenvalue weighted by Crippen LogP contribution is 2.42. The first-order chi connectivity index (χ1) is 10.6. The summed E-state index contributed by atoms with van der Waals surface area (Å²) >= 11 is 6.09. The van der Waals surface area contributed by atoms with E-state index in [2.05, 4.69) is 11.4 Å². The highest BCUT2D eigenvalue weighted by molar-refractivity contribution is 6.30. The van der Waals surface area contributed by atoms with Crippen molar-refractivity contribution < 1.29 is 9.53 Å². The van der Waals surface area contributed by atoms with Gasteiger partial charge in [0.05, 0.1) is 5.69 Å². The number of carbonyl (C=O) groups excluding carboxylic acids is 1. The standard InChI is InChI=1S/C18H18ClNO2/c1-3-18(4-2)15-11-13(12-6-5-7-14(19)10-12)8-9-16(15)20-17(21)22-18/h5-11H,3-4H2,1-2H3,(H,20,21). The summed E-state index contributed by atoms with van der Waals surface area (Å²) in [6.45, 7) is 4.08. The first-order valence-electron chi connectivity index (χ1n) is 7.48. The third kappa shape index (κ3) is 2.46. The van der Waals surface area contributed by atoms with Gasteiger partial charge in [-0.3, -0.25) is 5.32 Å². The number of rotatable bonds is 3. The van der Waals surface area contributed by atoms with Crippen LogP contribution in [0.25, 0.3) is 11.1 Å². The summed E-state index contributed by atoms with van der Waals surface area (Å²) in [6.07, 6.45) is 1.10. The van der Waals surface area contributed by atoms with Gasteiger partial charge in [-0.1, -0.05) is 43.6 Å². The van der Waals surface area contributed by atoms with Crippen LogP contribution in [0.1, 0.15) is 32.3 Å². The number of fused-ring (bicyclic) bond motifs is 1. The highest BCUT2D eigenvalue weighted by Gasteiger charge is 2.39. The minimum atomic E-state index is -0.563. The molecule has 3 rings (SSSR count). The maximum absolute atomic E-state index is 11.8. The van der Waals surface area contributed by atoms with E-state index in [4.69, 9.17) is 16.3 Å². The van der Waals surface area contributed by atoms with Crippen LogP contribution in [0.15, 0.2) is 42.5 Å². The predicted octanol–water partition coefficient (Wildman–Crippen LogP) is 5.58. The molecule has 114 valence electrons. The molecule has 2 aromatic carbocycles. The molecule has 0 spiro atoms. The van der Waals surface area contributed by atoms with E-state index in [-0.39, 0.29) is 6.09 Å². The number of benzene rings is 2. The summed E-state index contributed by atoms with van der Waals surface area (Å²) in [5.41, 5.74) is 3.40. The van der Waals surface area contributed by atoms with Crippen molar-refractivity contribution in [3.05, 3.63) is 53.1 Å². The van der Waals surface area contributed by atoms with Crippen LogP contribution in [-0.4, -0.2) is 6.09 Å². The lowest BCUT2D eigenvalue weighted by Gasteiger charge is -2.37. The molecule has 0 saturated heterocycles. The minimum Gasteiger partial charge on any atom is -0.438 e. The molecule has 1 aliphatic heterocycles. The van der Waals surface area contributed by atoms with E-state index in [0.717, 1.165) is 35.2 Å². The number of hydrogen-bond donors (Lipinski definition) is 1. The number of halogens is 1. The van der Waals surface area contributed by atoms with E-state index >= 15 is 0 Å². The monoisotopic (exact) mass is 315 g/mol. The zero-order valence-electron chi connectivity index (χ0n) is 12.7. The van der Waals surface area contributed by atoms with Gasteiger partial charge in [-0.25, -0.2) is 4.79 Å². The largest absolute Gasteiger partial charge is 0.438 e. The summed E-state index contributed by atoms with van der Waals surface area (Å²) < 4.78 is 5.64. The summed E-state index contributed by atoms with van der Waals surface area (Å²) in [5.74, 6) is 0. The minimum absolute atomic E-state index is 0.383. The Morgan fingerprint density at radius 1 is 1.09 bits per heavy atom. The van der Waals surface area contributed by atoms with Crippen molar-refractivity contribution in [1.82, 2.24) is 0 Å². The quantitative estimate of drug-likeness (QED) is 0.802. The number of amides is 1. The zero-order chi connectivity index (χ0) is 15.7. The van der Waals surface area contributed by atoms with Gasteiger partial charge >= 0.3 is 6.09 Å². The number of carbonyl (C=O) groups is 1. The van der Waals surface area contributed by atoms with Gasteiger partial charge in [0.1, 0.15) is 5.60 Å². The lowest BCUT2D eigenvalue weighted by atomic mass is 9.84. The fourth-order valence-corrected chi connectivity index (χ4v) is 3.21. The van der Waals surface area contributed by atoms with Crippen LogP contribution in [0.2, 0.25) is 5.02 Å². The van der Waals surface area contributed by atoms with Gasteiger partial charge in [0.2, 0.25) is 0 Å². The molecule has 1 heterocycles. The fraction of sp³-hybridized carbons (Fsp3) is 0.278. The Labute approximate surface area is 135 Å². The average Bonchev–Trinajstić information content (AvgIpc) is 2.53. The Bertz CT molecular complexity index is 723. The fourth-order valence-electron chi connectivity index (χ4n) is 3.02. The molecular formula is C18H18ClNO2. The van der Waals surface area contributed by atoms with Crippen molar-refractivity contribution in [2.75, 3.05) is 5.32 Å². The Morgan fingerprint density at radius 2 is 1.82 bits per heavy atom. The van der Waals surface area contributed by atoms with Gasteiger partial charge in [-0.2, -0.15) is 0 Å². The molecule has 2 aromatic rings. The molecule has 0 radical (unpaired) electrons. The van der Waals surface area contributed by atoms with E-state index in [9.17, 15) is 4.79 Å². The zero-order valence-corrected chi connectivity index (χ0v) is 13.4. The summed E-state index contributed by atoms with van der Waals surface area (Å²) in [7, 11) is 0. The van der Waals surface area contributed by atoms with E-state index in [1.165, 1.54) is 0 Å². The first-order valence-corrected chi connectivity index (χ1v) is 7.86. The van der Waals surface area contributed by atoms with Crippen molar-refractivity contribution >= 4 is 23.4 Å². The number of nitrogens with one attached hydrogen (secondary N) is 1. The van der Waals surface area contributed by atoms with Crippen molar-refractivity contribution in [3.63, 3.8) is 0 Å². The molecule has 0 unspecified atom stereocenters. The van der Waals surface area contributed by atoms with Gasteiger partial charge in [0, 0.05) is 10.6 Å². The van der Waals surface area contributed by atoms with Gasteiger partial charge in [0.15, 0.2) is 0 Å². The Kier molecular flexibility index (Phi) is 3.83. The SMILES string of the molecule is CCC1(CC)OC(=O)Nc2ccc(-c3cccc(Cl)c3)cc21. The predicted molar refractivity (Wildman–Crippen MR) is 89.3 cm³/mol. The second-order valence-corrected chi connectivity index (χ2v) is 5.92. The third-order valence-corrected chi connectivity index (χ3v) is 4.57. The van der Waals surface area contributed by atoms with Crippen LogP contribution < -0.4 is 5.32 Å². The molecule has 0 atom stereocenters. The molecule has 0 aromatic heterocycles. The first kappa shape index (κ1) is 14.9. The lowest BCUT2D eigenvalue weighted by molar-refractivity contribution is 0.00476. The molecule has 1 N–H and O–H groups in total. The van der Waals surface area contributed by atoms with Gasteiger partial charge in [-0.05, 0) is 48.2 Å². The molecule has 22 heavy (non-hydrogen) atoms. The number of cyclic esters (lactones) is 1. The second kappa shape index (κ2) is 5.65. The summed E-state index contributed by atoms with van der Waals surface area (Å²) in [5, 5.41) is 3.49. The van der Waals surface area contributed by atoms with Gasteiger partial charge in [-0.15, -0.1) is 0 Å². The van der Waals surface area contributed by atoms with Crippen molar-refractivity contribution in [2.45, 2.75) is 32.3 Å². The maximum Gasteiger partial charge on any atom is 0.412 e. The summed E-state index contributed by atoms with van der Waals surface area (Å²) in [6, 6.07) is 13.8. The lowest BCUT2D eigenvalue weighted by Crippen LogP contribution is -2.38. The molecule has 0 saturated carbocycles. The third-order valence-electron chi connectivity index (χ3n) is 4.34. The van der Waals surface area contributed by atoms with Crippen LogP contribution in [0.3, 0.4) is 0 Å². The Hall–Kier alpha value is -2.00. The van der Waals surface area contributed by atoms with Crippen molar-refractivity contribution in [3.8, 4) is 11.1 Å². The smallest absolute Gasteiger partial charge is 0.412 e. The second-order valence-electron chi connectivity index (χ2n) is 5.49. The molecule has 0 aliphatic carbocycles. The highest BCUT2D eigenvalue weighted by atomic mass is 35.5. The van der Waals surface area contributed by atoms with Crippen molar-refractivity contribution in [1.29, 1.82) is 0 Å². The van der Waals surface area contributed by atoms with Crippen LogP contribution in [-0.2, 0) is 10.3 Å². The van der Waals surface area contributed by atoms with Crippen LogP contribution in [0.5, 0.6) is 0 Å². The molecular weight excluding hydrogens is 298 g/mol. The number of hydrogen-bond acceptors (Lipinski definition) is 2. The Morgan fingerprint density at radius 3 is 2.50 bits per heavy atom. The van der Waals surface area contributed by atoms with E-state index in [1.54, 1.807) is 0 Å². The summed E-state index contributed by atoms with van der Waals surface area (Å²) in [4.78, 5) is 11.8. The van der Waals surface area contributed by atoms with Gasteiger partial charge in [0.25, 0.3) is 0 Å². The van der Waals surface area contributed by atoms with Crippen LogP contribution in [0, 0.1) is 0 Å². The number of anilines is 1. The number of ether oxygens (including phenoxy) is 1. The van der Waals surface area contributed by atoms with Crippen LogP contribution in [0.4, 0.5) is 10.5 Å². The van der Waals surface area contributed by atoms with Crippen molar-refractivity contribution in [2.24, 2.45) is 0 Å². The molecule has 1 aliphatic rings. The van der Waals surface area contributed by atoms with Gasteiger partial charge < -0.3 is 4.74 Å². The van der Waals surface area contributed by atoms with E-state index in [0.29, 0.717) is 5.02 Å². The maximum atomic E-state index is 11.8. The molecule has 0 fully saturated rings. The molecule has 4 heteroatoms. The molecule has 1 amide bonds. The van der Waals surface area contributed by atoms with E-state index in [1.807, 2.05) is 50.2 Å². The Balaban J connectivity index is 2.14. The van der Waals surface area contributed by atoms with E-state index < -0.39 is 5.60 Å². The van der Waals surface area contributed by atoms with Crippen LogP contribution >= 0.6 is 11.6 Å². The molecule has 0 bridgehead atoms. The topological polar surface area (TPSA) is 38.3 Å². The average molecular weight is 316 g/mol. The normalized spacial score (nSPS) is 15.7. The molecule has 3 nitrogen and oxygen atoms in total.